The van der Waals surface area contributed by atoms with Crippen molar-refractivity contribution in [3.63, 3.8) is 0 Å². The lowest BCUT2D eigenvalue weighted by molar-refractivity contribution is -0.136. The van der Waals surface area contributed by atoms with Gasteiger partial charge >= 0.3 is 0 Å². The van der Waals surface area contributed by atoms with Gasteiger partial charge in [0, 0.05) is 38.7 Å². The molecule has 6 nitrogen and oxygen atoms in total. The minimum Gasteiger partial charge on any atom is -0.483 e. The standard InChI is InChI=1S/C21H27N3O3S/c1-23-18-11-24(10-17-14-28-15-22-17)12-20(18)26-9-5-4-7-16-6-2-3-8-19(16)27-13-21(23)25/h2-3,6,8,14-15,18,20H,4-5,7,9-13H2,1H3/t18-,20-/m0/s1. The Morgan fingerprint density at radius 3 is 3.00 bits per heavy atom. The second-order valence-corrected chi connectivity index (χ2v) is 8.23. The highest BCUT2D eigenvalue weighted by atomic mass is 32.1. The number of fused-ring (bicyclic) bond motifs is 2. The van der Waals surface area contributed by atoms with Crippen LogP contribution < -0.4 is 4.74 Å². The lowest BCUT2D eigenvalue weighted by atomic mass is 10.1. The number of likely N-dealkylation sites (tertiary alicyclic amines) is 1. The molecule has 1 amide bonds. The molecule has 2 aromatic rings. The first-order valence-electron chi connectivity index (χ1n) is 9.88. The number of aromatic nitrogens is 1. The number of carbonyl (C=O) groups excluding carboxylic acids is 1. The lowest BCUT2D eigenvalue weighted by Gasteiger charge is -2.29. The van der Waals surface area contributed by atoms with Crippen LogP contribution >= 0.6 is 11.3 Å². The number of aryl methyl sites for hydroxylation is 1. The van der Waals surface area contributed by atoms with Gasteiger partial charge in [-0.1, -0.05) is 18.2 Å². The molecule has 28 heavy (non-hydrogen) atoms. The Morgan fingerprint density at radius 1 is 1.25 bits per heavy atom. The van der Waals surface area contributed by atoms with Crippen LogP contribution in [0.1, 0.15) is 24.1 Å². The van der Waals surface area contributed by atoms with Gasteiger partial charge in [0.15, 0.2) is 6.61 Å². The van der Waals surface area contributed by atoms with E-state index in [1.54, 1.807) is 11.3 Å². The van der Waals surface area contributed by atoms with Gasteiger partial charge in [-0.2, -0.15) is 0 Å². The third-order valence-corrected chi connectivity index (χ3v) is 6.20. The minimum absolute atomic E-state index is 0.0110. The van der Waals surface area contributed by atoms with Crippen LogP contribution in [0.25, 0.3) is 0 Å². The normalized spacial score (nSPS) is 24.5. The quantitative estimate of drug-likeness (QED) is 0.774. The molecule has 2 aliphatic heterocycles. The van der Waals surface area contributed by atoms with Crippen molar-refractivity contribution in [3.8, 4) is 5.75 Å². The van der Waals surface area contributed by atoms with E-state index in [1.165, 1.54) is 0 Å². The highest BCUT2D eigenvalue weighted by molar-refractivity contribution is 7.07. The molecule has 1 saturated heterocycles. The van der Waals surface area contributed by atoms with Gasteiger partial charge < -0.3 is 14.4 Å². The molecule has 2 atom stereocenters. The predicted octanol–water partition coefficient (Wildman–Crippen LogP) is 2.59. The van der Waals surface area contributed by atoms with Crippen LogP contribution in [0.3, 0.4) is 0 Å². The van der Waals surface area contributed by atoms with Crippen LogP contribution in [0.5, 0.6) is 5.75 Å². The monoisotopic (exact) mass is 401 g/mol. The Kier molecular flexibility index (Phi) is 6.24. The van der Waals surface area contributed by atoms with E-state index in [4.69, 9.17) is 9.47 Å². The van der Waals surface area contributed by atoms with E-state index < -0.39 is 0 Å². The first kappa shape index (κ1) is 19.4. The first-order valence-corrected chi connectivity index (χ1v) is 10.8. The number of hydrogen-bond acceptors (Lipinski definition) is 6. The van der Waals surface area contributed by atoms with Gasteiger partial charge in [-0.05, 0) is 30.9 Å². The van der Waals surface area contributed by atoms with E-state index in [0.717, 1.165) is 62.5 Å². The van der Waals surface area contributed by atoms with Gasteiger partial charge in [-0.15, -0.1) is 11.3 Å². The number of benzene rings is 1. The summed E-state index contributed by atoms with van der Waals surface area (Å²) in [5.74, 6) is 0.806. The average molecular weight is 402 g/mol. The maximum absolute atomic E-state index is 12.8. The summed E-state index contributed by atoms with van der Waals surface area (Å²) in [6, 6.07) is 8.04. The molecule has 0 N–H and O–H groups in total. The maximum atomic E-state index is 12.8. The average Bonchev–Trinajstić information content (AvgIpc) is 3.35. The number of para-hydroxylation sites is 1. The second kappa shape index (κ2) is 9.03. The number of amides is 1. The highest BCUT2D eigenvalue weighted by Crippen LogP contribution is 2.24. The van der Waals surface area contributed by atoms with Crippen molar-refractivity contribution in [2.24, 2.45) is 0 Å². The number of ether oxygens (including phenoxy) is 2. The summed E-state index contributed by atoms with van der Waals surface area (Å²) in [7, 11) is 1.87. The molecule has 0 bridgehead atoms. The fourth-order valence-corrected chi connectivity index (χ4v) is 4.52. The van der Waals surface area contributed by atoms with Crippen molar-refractivity contribution in [2.75, 3.05) is 33.4 Å². The van der Waals surface area contributed by atoms with E-state index in [2.05, 4.69) is 21.3 Å². The topological polar surface area (TPSA) is 54.9 Å². The fourth-order valence-electron chi connectivity index (χ4n) is 3.97. The molecule has 0 saturated carbocycles. The van der Waals surface area contributed by atoms with Gasteiger partial charge in [-0.3, -0.25) is 9.69 Å². The summed E-state index contributed by atoms with van der Waals surface area (Å²) >= 11 is 1.61. The van der Waals surface area contributed by atoms with E-state index in [9.17, 15) is 4.79 Å². The summed E-state index contributed by atoms with van der Waals surface area (Å²) in [5.41, 5.74) is 4.10. The van der Waals surface area contributed by atoms with Gasteiger partial charge in [0.2, 0.25) is 0 Å². The molecule has 0 aliphatic carbocycles. The van der Waals surface area contributed by atoms with Crippen LogP contribution in [-0.4, -0.2) is 66.2 Å². The smallest absolute Gasteiger partial charge is 0.260 e. The molecule has 0 unspecified atom stereocenters. The zero-order chi connectivity index (χ0) is 19.3. The molecule has 3 heterocycles. The van der Waals surface area contributed by atoms with Crippen LogP contribution in [0.4, 0.5) is 0 Å². The van der Waals surface area contributed by atoms with Crippen molar-refractivity contribution < 1.29 is 14.3 Å². The predicted molar refractivity (Wildman–Crippen MR) is 109 cm³/mol. The molecule has 7 heteroatoms. The van der Waals surface area contributed by atoms with Gasteiger partial charge in [0.1, 0.15) is 5.75 Å². The van der Waals surface area contributed by atoms with Crippen molar-refractivity contribution in [1.29, 1.82) is 0 Å². The van der Waals surface area contributed by atoms with Crippen LogP contribution in [0.2, 0.25) is 0 Å². The Labute approximate surface area is 170 Å². The SMILES string of the molecule is CN1C(=O)COc2ccccc2CCCCO[C@H]2CN(Cc3cscn3)C[C@@H]21. The van der Waals surface area contributed by atoms with Crippen molar-refractivity contribution in [3.05, 3.63) is 46.4 Å². The Balaban J connectivity index is 1.47. The summed E-state index contributed by atoms with van der Waals surface area (Å²) < 4.78 is 12.1. The third-order valence-electron chi connectivity index (χ3n) is 5.57. The van der Waals surface area contributed by atoms with E-state index in [0.29, 0.717) is 0 Å². The van der Waals surface area contributed by atoms with Crippen molar-refractivity contribution in [2.45, 2.75) is 38.0 Å². The first-order chi connectivity index (χ1) is 13.7. The van der Waals surface area contributed by atoms with Crippen LogP contribution in [-0.2, 0) is 22.5 Å². The maximum Gasteiger partial charge on any atom is 0.260 e. The summed E-state index contributed by atoms with van der Waals surface area (Å²) in [6.45, 7) is 3.19. The number of carbonyl (C=O) groups is 1. The molecule has 4 rings (SSSR count). The molecule has 0 spiro atoms. The highest BCUT2D eigenvalue weighted by Gasteiger charge is 2.38. The third kappa shape index (κ3) is 4.54. The number of thiazole rings is 1. The van der Waals surface area contributed by atoms with Gasteiger partial charge in [-0.25, -0.2) is 4.98 Å². The fraction of sp³-hybridized carbons (Fsp3) is 0.524. The van der Waals surface area contributed by atoms with Crippen LogP contribution in [0.15, 0.2) is 35.2 Å². The Hall–Kier alpha value is -1.96. The second-order valence-electron chi connectivity index (χ2n) is 7.51. The molecule has 150 valence electrons. The van der Waals surface area contributed by atoms with E-state index in [1.807, 2.05) is 35.7 Å². The Bertz CT molecular complexity index is 783. The molecule has 0 radical (unpaired) electrons. The zero-order valence-corrected chi connectivity index (χ0v) is 17.1. The number of hydrogen-bond donors (Lipinski definition) is 0. The molecular formula is C21H27N3O3S. The Morgan fingerprint density at radius 2 is 2.14 bits per heavy atom. The number of likely N-dealkylation sites (N-methyl/N-ethyl adjacent to an activating group) is 1. The van der Waals surface area contributed by atoms with E-state index >= 15 is 0 Å². The summed E-state index contributed by atoms with van der Waals surface area (Å²) in [6.07, 6.45) is 3.01. The molecule has 1 aromatic carbocycles. The summed E-state index contributed by atoms with van der Waals surface area (Å²) in [4.78, 5) is 21.3. The van der Waals surface area contributed by atoms with Gasteiger partial charge in [0.25, 0.3) is 5.91 Å². The van der Waals surface area contributed by atoms with E-state index in [-0.39, 0.29) is 24.7 Å². The van der Waals surface area contributed by atoms with Crippen molar-refractivity contribution >= 4 is 17.2 Å². The molecular weight excluding hydrogens is 374 g/mol. The minimum atomic E-state index is -0.0110. The van der Waals surface area contributed by atoms with Crippen LogP contribution in [0, 0.1) is 0 Å². The number of rotatable bonds is 2. The zero-order valence-electron chi connectivity index (χ0n) is 16.3. The number of nitrogens with zero attached hydrogens (tertiary/aromatic N) is 3. The lowest BCUT2D eigenvalue weighted by Crippen LogP contribution is -2.47. The molecule has 2 aliphatic rings. The largest absolute Gasteiger partial charge is 0.483 e. The molecule has 1 fully saturated rings. The molecule has 1 aromatic heterocycles. The summed E-state index contributed by atoms with van der Waals surface area (Å²) in [5, 5.41) is 2.08. The van der Waals surface area contributed by atoms with Gasteiger partial charge in [0.05, 0.1) is 23.4 Å². The van der Waals surface area contributed by atoms with Crippen molar-refractivity contribution in [1.82, 2.24) is 14.8 Å².